The number of aliphatic imine (C=N–C) groups is 3. The summed E-state index contributed by atoms with van der Waals surface area (Å²) in [4.78, 5) is 67.3. The van der Waals surface area contributed by atoms with Gasteiger partial charge in [-0.25, -0.2) is 15.0 Å². The van der Waals surface area contributed by atoms with Crippen molar-refractivity contribution in [3.63, 3.8) is 0 Å². The fraction of sp³-hybridized carbons (Fsp3) is 0.455. The summed E-state index contributed by atoms with van der Waals surface area (Å²) in [5.74, 6) is 1.58. The summed E-state index contributed by atoms with van der Waals surface area (Å²) in [5, 5.41) is 31.8. The molecule has 0 radical (unpaired) electrons. The second-order valence-electron chi connectivity index (χ2n) is 23.0. The number of benzene rings is 3. The normalized spacial score (nSPS) is 17.2. The van der Waals surface area contributed by atoms with E-state index in [1.54, 1.807) is 62.1 Å². The number of fused-ring (bicyclic) bond motifs is 6. The number of anilines is 6. The molecule has 3 aromatic carbocycles. The van der Waals surface area contributed by atoms with E-state index in [4.69, 9.17) is 43.8 Å². The van der Waals surface area contributed by atoms with Crippen molar-refractivity contribution in [2.24, 2.45) is 15.0 Å². The highest BCUT2D eigenvalue weighted by Gasteiger charge is 2.31. The van der Waals surface area contributed by atoms with Gasteiger partial charge in [-0.15, -0.1) is 34.0 Å². The van der Waals surface area contributed by atoms with Gasteiger partial charge >= 0.3 is 17.9 Å². The first kappa shape index (κ1) is 68.5. The van der Waals surface area contributed by atoms with Crippen molar-refractivity contribution in [2.75, 3.05) is 169 Å². The molecular weight excluding hydrogens is 1240 g/mol. The first-order valence-corrected chi connectivity index (χ1v) is 34.0. The van der Waals surface area contributed by atoms with Crippen molar-refractivity contribution < 1.29 is 43.2 Å². The van der Waals surface area contributed by atoms with Gasteiger partial charge in [-0.3, -0.25) is 29.1 Å². The van der Waals surface area contributed by atoms with Crippen LogP contribution in [-0.2, 0) is 38.1 Å². The molecule has 12 rings (SSSR count). The highest BCUT2D eigenvalue weighted by atomic mass is 32.1. The molecule has 9 heterocycles. The van der Waals surface area contributed by atoms with Crippen LogP contribution in [-0.4, -0.2) is 241 Å². The minimum absolute atomic E-state index is 0.152. The molecule has 24 nitrogen and oxygen atoms in total. The molecule has 0 bridgehead atoms. The van der Waals surface area contributed by atoms with Gasteiger partial charge in [-0.1, -0.05) is 36.4 Å². The van der Waals surface area contributed by atoms with E-state index in [2.05, 4.69) is 131 Å². The molecule has 6 aromatic rings. The lowest BCUT2D eigenvalue weighted by molar-refractivity contribution is -0.148. The topological polar surface area (TPSA) is 246 Å². The highest BCUT2D eigenvalue weighted by Crippen LogP contribution is 2.42. The molecule has 3 fully saturated rings. The molecule has 0 amide bonds. The number of thiophene rings is 3. The van der Waals surface area contributed by atoms with Gasteiger partial charge in [0.1, 0.15) is 50.6 Å². The maximum Gasteiger partial charge on any atom is 0.325 e. The number of aliphatic carboxylic acids is 1. The molecule has 3 atom stereocenters. The van der Waals surface area contributed by atoms with Gasteiger partial charge in [0.05, 0.1) is 105 Å². The summed E-state index contributed by atoms with van der Waals surface area (Å²) in [6.45, 7) is 21.0. The smallest absolute Gasteiger partial charge is 0.325 e. The molecule has 6 aliphatic heterocycles. The fourth-order valence-corrected chi connectivity index (χ4v) is 14.1. The number of ether oxygens (including phenoxy) is 5. The van der Waals surface area contributed by atoms with Gasteiger partial charge in [0, 0.05) is 93.2 Å². The number of hydrogen-bond acceptors (Lipinski definition) is 26. The zero-order valence-corrected chi connectivity index (χ0v) is 56.7. The summed E-state index contributed by atoms with van der Waals surface area (Å²) < 4.78 is 27.0. The van der Waals surface area contributed by atoms with Crippen molar-refractivity contribution in [1.29, 1.82) is 0 Å². The molecule has 3 aromatic heterocycles. The molecule has 0 aliphatic carbocycles. The van der Waals surface area contributed by atoms with Gasteiger partial charge in [-0.2, -0.15) is 0 Å². The average Bonchev–Trinajstić information content (AvgIpc) is 1.73. The third-order valence-electron chi connectivity index (χ3n) is 16.5. The molecular formula is C66H87N15O9S3. The SMILES string of the molecule is CCOC(=O)C(COCN1CCN(C2=Nc3ccccc3Nc3sc(C)cc32)CC1)NC.CNC(COCN1CCN(C2=Nc3ccccc3Nc3sc(C)cc32)CC1)C(=O)O.CNC(COCN1CCN(C2=Nc3ccccc3Nc3sc(C)cc32)CC1)C(=O)OC. The molecule has 6 aliphatic rings. The number of hydrogen-bond donors (Lipinski definition) is 7. The monoisotopic (exact) mass is 1330 g/mol. The van der Waals surface area contributed by atoms with Crippen molar-refractivity contribution in [2.45, 2.75) is 45.8 Å². The van der Waals surface area contributed by atoms with E-state index in [-0.39, 0.29) is 25.2 Å². The zero-order valence-electron chi connectivity index (χ0n) is 54.3. The van der Waals surface area contributed by atoms with E-state index in [9.17, 15) is 14.4 Å². The summed E-state index contributed by atoms with van der Waals surface area (Å²) in [6, 6.07) is 29.6. The minimum Gasteiger partial charge on any atom is -0.480 e. The fourth-order valence-electron chi connectivity index (χ4n) is 11.3. The average molecular weight is 1330 g/mol. The van der Waals surface area contributed by atoms with Crippen molar-refractivity contribution in [1.82, 2.24) is 45.3 Å². The number of carbonyl (C=O) groups excluding carboxylic acids is 2. The third-order valence-corrected chi connectivity index (χ3v) is 19.4. The van der Waals surface area contributed by atoms with Crippen molar-refractivity contribution in [3.05, 3.63) is 122 Å². The number of esters is 2. The summed E-state index contributed by atoms with van der Waals surface area (Å²) in [7, 11) is 6.48. The van der Waals surface area contributed by atoms with Crippen LogP contribution in [0.25, 0.3) is 0 Å². The van der Waals surface area contributed by atoms with Gasteiger partial charge in [0.2, 0.25) is 0 Å². The first-order chi connectivity index (χ1) is 45.2. The van der Waals surface area contributed by atoms with Crippen LogP contribution in [0.5, 0.6) is 0 Å². The van der Waals surface area contributed by atoms with E-state index < -0.39 is 24.1 Å². The number of nitrogens with one attached hydrogen (secondary N) is 6. The van der Waals surface area contributed by atoms with Crippen molar-refractivity contribution >= 4 is 119 Å². The third kappa shape index (κ3) is 17.7. The number of piperazine rings is 3. The van der Waals surface area contributed by atoms with E-state index in [0.29, 0.717) is 33.4 Å². The van der Waals surface area contributed by atoms with Crippen LogP contribution in [0.2, 0.25) is 0 Å². The molecule has 0 spiro atoms. The Morgan fingerprint density at radius 2 is 0.806 bits per heavy atom. The number of carbonyl (C=O) groups is 3. The summed E-state index contributed by atoms with van der Waals surface area (Å²) in [5.41, 5.74) is 9.47. The molecule has 3 saturated heterocycles. The minimum atomic E-state index is -0.899. The lowest BCUT2D eigenvalue weighted by Gasteiger charge is -2.36. The molecule has 27 heteroatoms. The Bertz CT molecular complexity index is 3590. The van der Waals surface area contributed by atoms with Crippen molar-refractivity contribution in [3.8, 4) is 0 Å². The quantitative estimate of drug-likeness (QED) is 0.0381. The number of para-hydroxylation sites is 6. The van der Waals surface area contributed by atoms with Gasteiger partial charge in [-0.05, 0) is 103 Å². The number of carboxylic acids is 1. The number of likely N-dealkylation sites (N-methyl/N-ethyl adjacent to an activating group) is 3. The maximum atomic E-state index is 11.9. The number of carboxylic acid groups (broad SMARTS) is 1. The predicted molar refractivity (Wildman–Crippen MR) is 372 cm³/mol. The van der Waals surface area contributed by atoms with Crippen LogP contribution >= 0.6 is 34.0 Å². The molecule has 7 N–H and O–H groups in total. The Morgan fingerprint density at radius 1 is 0.495 bits per heavy atom. The first-order valence-electron chi connectivity index (χ1n) is 31.5. The van der Waals surface area contributed by atoms with Gasteiger partial charge < -0.3 is 75.4 Å². The predicted octanol–water partition coefficient (Wildman–Crippen LogP) is 7.94. The second kappa shape index (κ2) is 33.1. The molecule has 498 valence electrons. The lowest BCUT2D eigenvalue weighted by atomic mass is 10.2. The van der Waals surface area contributed by atoms with Gasteiger partial charge in [0.25, 0.3) is 0 Å². The zero-order chi connectivity index (χ0) is 65.4. The Morgan fingerprint density at radius 3 is 1.11 bits per heavy atom. The summed E-state index contributed by atoms with van der Waals surface area (Å²) in [6.07, 6.45) is 0. The maximum absolute atomic E-state index is 11.9. The number of methoxy groups -OCH3 is 1. The van der Waals surface area contributed by atoms with Crippen LogP contribution in [0, 0.1) is 20.8 Å². The van der Waals surface area contributed by atoms with Crippen LogP contribution in [0.4, 0.5) is 49.1 Å². The molecule has 0 saturated carbocycles. The van der Waals surface area contributed by atoms with Crippen LogP contribution in [0.15, 0.2) is 106 Å². The molecule has 93 heavy (non-hydrogen) atoms. The van der Waals surface area contributed by atoms with Crippen LogP contribution in [0.1, 0.15) is 38.2 Å². The largest absolute Gasteiger partial charge is 0.480 e. The van der Waals surface area contributed by atoms with E-state index >= 15 is 0 Å². The van der Waals surface area contributed by atoms with Crippen LogP contribution in [0.3, 0.4) is 0 Å². The standard InChI is InChI=1S/C23H31N5O3S.C22H29N5O3S.C21H27N5O3S/c1-4-31-23(29)20(24-3)14-30-15-27-9-11-28(12-10-27)21-17-13-16(2)32-22(17)26-19-8-6-5-7-18(19)25-21;1-15-12-16-20(24-17-6-4-5-7-18(17)25-21(16)31-15)27-10-8-26(9-11-27)14-30-13-19(23-2)22(28)29-3;1-14-11-15-19(23-16-5-3-4-6-17(16)24-20(15)30-14)26-9-7-25(8-10-26)13-29-12-18(22-2)21(27)28/h5-8,13,20,24,26H,4,9-12,14-15H2,1-3H3;4-7,12,19,23,25H,8-11,13-14H2,1-3H3;3-6,11,18,22,24H,7-10,12-13H2,1-2H3,(H,27,28). The second-order valence-corrected chi connectivity index (χ2v) is 26.8. The Kier molecular flexibility index (Phi) is 24.4. The van der Waals surface area contributed by atoms with Crippen LogP contribution < -0.4 is 31.9 Å². The van der Waals surface area contributed by atoms with Gasteiger partial charge in [0.15, 0.2) is 0 Å². The van der Waals surface area contributed by atoms with E-state index in [1.165, 1.54) is 32.9 Å². The molecule has 3 unspecified atom stereocenters. The number of aryl methyl sites for hydroxylation is 3. The summed E-state index contributed by atoms with van der Waals surface area (Å²) >= 11 is 5.28. The number of nitrogens with zero attached hydrogens (tertiary/aromatic N) is 9. The van der Waals surface area contributed by atoms with E-state index in [0.717, 1.165) is 151 Å². The number of rotatable bonds is 19. The lowest BCUT2D eigenvalue weighted by Crippen LogP contribution is -2.50. The highest BCUT2D eigenvalue weighted by molar-refractivity contribution is 7.17. The number of amidine groups is 3. The Balaban J connectivity index is 0.000000153. The Labute approximate surface area is 556 Å². The Hall–Kier alpha value is -7.38. The van der Waals surface area contributed by atoms with E-state index in [1.807, 2.05) is 42.5 Å².